The van der Waals surface area contributed by atoms with Gasteiger partial charge >= 0.3 is 0 Å². The van der Waals surface area contributed by atoms with E-state index in [1.807, 2.05) is 30.3 Å². The Hall–Kier alpha value is -1.98. The van der Waals surface area contributed by atoms with Gasteiger partial charge in [-0.3, -0.25) is 9.88 Å². The van der Waals surface area contributed by atoms with Crippen molar-refractivity contribution in [2.24, 2.45) is 0 Å². The summed E-state index contributed by atoms with van der Waals surface area (Å²) in [6.45, 7) is 2.65. The number of ether oxygens (including phenoxy) is 1. The summed E-state index contributed by atoms with van der Waals surface area (Å²) in [6, 6.07) is 12.7. The van der Waals surface area contributed by atoms with E-state index in [0.717, 1.165) is 31.0 Å². The minimum Gasteiger partial charge on any atom is -0.491 e. The van der Waals surface area contributed by atoms with Crippen molar-refractivity contribution in [1.29, 1.82) is 0 Å². The number of likely N-dealkylation sites (tertiary alicyclic amines) is 1. The topological polar surface area (TPSA) is 45.6 Å². The summed E-state index contributed by atoms with van der Waals surface area (Å²) in [6.07, 6.45) is 3.52. The van der Waals surface area contributed by atoms with Crippen LogP contribution in [-0.2, 0) is 6.54 Å². The lowest BCUT2D eigenvalue weighted by molar-refractivity contribution is -0.0168. The molecule has 0 bridgehead atoms. The maximum Gasteiger partial charge on any atom is 0.141 e. The first-order valence-corrected chi connectivity index (χ1v) is 8.36. The molecule has 0 spiro atoms. The molecule has 1 aliphatic rings. The summed E-state index contributed by atoms with van der Waals surface area (Å²) in [4.78, 5) is 6.36. The summed E-state index contributed by atoms with van der Waals surface area (Å²) in [5.41, 5.74) is 0.0447. The zero-order valence-corrected chi connectivity index (χ0v) is 13.7. The number of para-hydroxylation sites is 1. The predicted molar refractivity (Wildman–Crippen MR) is 90.2 cm³/mol. The highest BCUT2D eigenvalue weighted by Gasteiger charge is 2.31. The van der Waals surface area contributed by atoms with E-state index in [4.69, 9.17) is 4.74 Å². The smallest absolute Gasteiger partial charge is 0.141 e. The van der Waals surface area contributed by atoms with Crippen LogP contribution in [-0.4, -0.2) is 40.3 Å². The van der Waals surface area contributed by atoms with Crippen molar-refractivity contribution in [1.82, 2.24) is 9.88 Å². The number of pyridine rings is 1. The lowest BCUT2D eigenvalue weighted by Crippen LogP contribution is -2.37. The Balaban J connectivity index is 1.53. The highest BCUT2D eigenvalue weighted by Crippen LogP contribution is 2.24. The number of aromatic nitrogens is 1. The molecule has 1 unspecified atom stereocenters. The Morgan fingerprint density at radius 3 is 2.71 bits per heavy atom. The molecule has 5 heteroatoms. The van der Waals surface area contributed by atoms with Crippen molar-refractivity contribution in [3.63, 3.8) is 0 Å². The number of hydrogen-bond acceptors (Lipinski definition) is 4. The monoisotopic (exact) mass is 330 g/mol. The van der Waals surface area contributed by atoms with Crippen molar-refractivity contribution in [3.8, 4) is 5.75 Å². The van der Waals surface area contributed by atoms with Gasteiger partial charge in [0.2, 0.25) is 0 Å². The number of nitrogens with zero attached hydrogens (tertiary/aromatic N) is 2. The fourth-order valence-electron chi connectivity index (χ4n) is 3.00. The molecule has 128 valence electrons. The largest absolute Gasteiger partial charge is 0.491 e. The molecule has 0 aliphatic carbocycles. The maximum atomic E-state index is 12.9. The molecule has 1 aromatic carbocycles. The number of benzene rings is 1. The first-order chi connectivity index (χ1) is 11.6. The summed E-state index contributed by atoms with van der Waals surface area (Å²) >= 11 is 0. The van der Waals surface area contributed by atoms with Gasteiger partial charge in [0.15, 0.2) is 0 Å². The van der Waals surface area contributed by atoms with Crippen LogP contribution in [0.15, 0.2) is 48.7 Å². The van der Waals surface area contributed by atoms with Crippen LogP contribution in [0.3, 0.4) is 0 Å². The maximum absolute atomic E-state index is 12.9. The Morgan fingerprint density at radius 1 is 1.12 bits per heavy atom. The van der Waals surface area contributed by atoms with E-state index in [0.29, 0.717) is 26.0 Å². The molecule has 2 aromatic rings. The second-order valence-corrected chi connectivity index (χ2v) is 6.42. The zero-order chi connectivity index (χ0) is 16.8. The van der Waals surface area contributed by atoms with Crippen LogP contribution in [0.25, 0.3) is 0 Å². The molecule has 1 aromatic heterocycles. The van der Waals surface area contributed by atoms with Crippen LogP contribution in [0.4, 0.5) is 4.39 Å². The van der Waals surface area contributed by atoms with E-state index >= 15 is 0 Å². The fraction of sp³-hybridized carbons (Fsp3) is 0.421. The Morgan fingerprint density at radius 2 is 1.96 bits per heavy atom. The molecule has 1 atom stereocenters. The first-order valence-electron chi connectivity index (χ1n) is 8.36. The van der Waals surface area contributed by atoms with Gasteiger partial charge in [-0.2, -0.15) is 0 Å². The third-order valence-corrected chi connectivity index (χ3v) is 4.43. The third kappa shape index (κ3) is 4.76. The summed E-state index contributed by atoms with van der Waals surface area (Å²) in [5, 5.41) is 10.8. The Kier molecular flexibility index (Phi) is 5.43. The molecule has 24 heavy (non-hydrogen) atoms. The quantitative estimate of drug-likeness (QED) is 0.915. The number of rotatable bonds is 5. The van der Waals surface area contributed by atoms with E-state index in [1.54, 1.807) is 6.07 Å². The number of halogens is 1. The molecule has 4 nitrogen and oxygen atoms in total. The molecule has 2 heterocycles. The molecular weight excluding hydrogens is 307 g/mol. The lowest BCUT2D eigenvalue weighted by atomic mass is 9.96. The van der Waals surface area contributed by atoms with Crippen LogP contribution in [0, 0.1) is 5.82 Å². The van der Waals surface area contributed by atoms with E-state index in [9.17, 15) is 9.50 Å². The molecule has 0 saturated carbocycles. The first kappa shape index (κ1) is 16.9. The van der Waals surface area contributed by atoms with E-state index in [1.165, 1.54) is 12.3 Å². The molecule has 0 amide bonds. The van der Waals surface area contributed by atoms with Crippen LogP contribution < -0.4 is 4.74 Å². The second kappa shape index (κ2) is 7.73. The molecule has 3 rings (SSSR count). The highest BCUT2D eigenvalue weighted by molar-refractivity contribution is 5.21. The molecule has 1 saturated heterocycles. The van der Waals surface area contributed by atoms with Gasteiger partial charge in [0.1, 0.15) is 18.2 Å². The molecule has 1 aliphatic heterocycles. The molecular formula is C19H23FN2O2. The number of aliphatic hydroxyl groups is 1. The van der Waals surface area contributed by atoms with Crippen molar-refractivity contribution in [3.05, 3.63) is 60.2 Å². The van der Waals surface area contributed by atoms with Crippen molar-refractivity contribution in [2.45, 2.75) is 31.4 Å². The minimum atomic E-state index is -0.805. The predicted octanol–water partition coefficient (Wildman–Crippen LogP) is 3.02. The van der Waals surface area contributed by atoms with Gasteiger partial charge in [-0.1, -0.05) is 18.2 Å². The molecule has 0 radical (unpaired) electrons. The van der Waals surface area contributed by atoms with Crippen molar-refractivity contribution < 1.29 is 14.2 Å². The highest BCUT2D eigenvalue weighted by atomic mass is 19.1. The Labute approximate surface area is 141 Å². The van der Waals surface area contributed by atoms with Gasteiger partial charge in [-0.05, 0) is 50.1 Å². The fourth-order valence-corrected chi connectivity index (χ4v) is 3.00. The summed E-state index contributed by atoms with van der Waals surface area (Å²) in [5.74, 6) is 0.463. The van der Waals surface area contributed by atoms with Crippen molar-refractivity contribution >= 4 is 0 Å². The number of hydrogen-bond donors (Lipinski definition) is 1. The lowest BCUT2D eigenvalue weighted by Gasteiger charge is -2.27. The average Bonchev–Trinajstić information content (AvgIpc) is 2.79. The normalized spacial score (nSPS) is 22.1. The van der Waals surface area contributed by atoms with Crippen LogP contribution >= 0.6 is 0 Å². The van der Waals surface area contributed by atoms with Crippen LogP contribution in [0.1, 0.15) is 25.0 Å². The van der Waals surface area contributed by atoms with Crippen molar-refractivity contribution in [2.75, 3.05) is 19.7 Å². The summed E-state index contributed by atoms with van der Waals surface area (Å²) < 4.78 is 18.7. The third-order valence-electron chi connectivity index (χ3n) is 4.43. The van der Waals surface area contributed by atoms with Crippen LogP contribution in [0.5, 0.6) is 5.75 Å². The van der Waals surface area contributed by atoms with Gasteiger partial charge in [-0.15, -0.1) is 0 Å². The molecule has 1 N–H and O–H groups in total. The van der Waals surface area contributed by atoms with Crippen LogP contribution in [0.2, 0.25) is 0 Å². The zero-order valence-electron chi connectivity index (χ0n) is 13.7. The van der Waals surface area contributed by atoms with Gasteiger partial charge in [0, 0.05) is 13.1 Å². The standard InChI is InChI=1S/C19H23FN2O2/c20-16-7-8-17(21-13-16)14-22-11-4-9-19(23,10-12-22)15-24-18-5-2-1-3-6-18/h1-3,5-8,13,23H,4,9-12,14-15H2. The SMILES string of the molecule is OC1(COc2ccccc2)CCCN(Cc2ccc(F)cn2)CC1. The second-order valence-electron chi connectivity index (χ2n) is 6.42. The van der Waals surface area contributed by atoms with Gasteiger partial charge < -0.3 is 9.84 Å². The van der Waals surface area contributed by atoms with Gasteiger partial charge in [0.05, 0.1) is 17.5 Å². The summed E-state index contributed by atoms with van der Waals surface area (Å²) in [7, 11) is 0. The van der Waals surface area contributed by atoms with E-state index in [-0.39, 0.29) is 5.82 Å². The van der Waals surface area contributed by atoms with Gasteiger partial charge in [0.25, 0.3) is 0 Å². The van der Waals surface area contributed by atoms with E-state index in [2.05, 4.69) is 9.88 Å². The van der Waals surface area contributed by atoms with E-state index < -0.39 is 5.60 Å². The minimum absolute atomic E-state index is 0.305. The average molecular weight is 330 g/mol. The molecule has 1 fully saturated rings. The van der Waals surface area contributed by atoms with Gasteiger partial charge in [-0.25, -0.2) is 4.39 Å². The Bertz CT molecular complexity index is 636.